The summed E-state index contributed by atoms with van der Waals surface area (Å²) < 4.78 is 1.60. The van der Waals surface area contributed by atoms with Gasteiger partial charge in [-0.1, -0.05) is 44.2 Å². The summed E-state index contributed by atoms with van der Waals surface area (Å²) in [5.41, 5.74) is 2.93. The average molecular weight is 366 g/mol. The maximum atomic E-state index is 12.6. The number of carbonyl (C=O) groups excluding carboxylic acids is 1. The van der Waals surface area contributed by atoms with Crippen LogP contribution in [0.1, 0.15) is 47.5 Å². The van der Waals surface area contributed by atoms with Crippen molar-refractivity contribution in [3.05, 3.63) is 59.2 Å². The first kappa shape index (κ1) is 19.0. The minimum atomic E-state index is -0.286. The summed E-state index contributed by atoms with van der Waals surface area (Å²) in [5, 5.41) is 7.30. The molecule has 1 aromatic carbocycles. The number of aromatic nitrogens is 4. The third-order valence-electron chi connectivity index (χ3n) is 4.71. The molecular formula is C20H26N6O. The summed E-state index contributed by atoms with van der Waals surface area (Å²) in [4.78, 5) is 23.6. The maximum Gasteiger partial charge on any atom is 0.291 e. The highest BCUT2D eigenvalue weighted by atomic mass is 16.2. The Morgan fingerprint density at radius 2 is 1.85 bits per heavy atom. The van der Waals surface area contributed by atoms with Gasteiger partial charge in [0.15, 0.2) is 0 Å². The van der Waals surface area contributed by atoms with E-state index in [2.05, 4.69) is 51.3 Å². The third kappa shape index (κ3) is 4.14. The van der Waals surface area contributed by atoms with Crippen molar-refractivity contribution < 1.29 is 4.79 Å². The van der Waals surface area contributed by atoms with Crippen molar-refractivity contribution in [1.82, 2.24) is 29.8 Å². The molecule has 1 N–H and O–H groups in total. The topological polar surface area (TPSA) is 75.4 Å². The van der Waals surface area contributed by atoms with Crippen molar-refractivity contribution in [1.29, 1.82) is 0 Å². The Morgan fingerprint density at radius 3 is 2.52 bits per heavy atom. The molecule has 2 heterocycles. The molecule has 1 amide bonds. The molecule has 0 aliphatic heterocycles. The quantitative estimate of drug-likeness (QED) is 0.695. The van der Waals surface area contributed by atoms with E-state index in [0.717, 1.165) is 24.5 Å². The second-order valence-electron chi connectivity index (χ2n) is 6.54. The largest absolute Gasteiger partial charge is 0.347 e. The number of benzene rings is 1. The van der Waals surface area contributed by atoms with Gasteiger partial charge in [0.1, 0.15) is 0 Å². The Kier molecular flexibility index (Phi) is 5.81. The van der Waals surface area contributed by atoms with Crippen LogP contribution in [-0.2, 0) is 0 Å². The number of likely N-dealkylation sites (N-methyl/N-ethyl adjacent to an activating group) is 1. The lowest BCUT2D eigenvalue weighted by molar-refractivity contribution is 0.0924. The highest BCUT2D eigenvalue weighted by molar-refractivity contribution is 5.90. The van der Waals surface area contributed by atoms with E-state index in [4.69, 9.17) is 0 Å². The second kappa shape index (κ2) is 8.26. The van der Waals surface area contributed by atoms with Crippen molar-refractivity contribution in [2.45, 2.75) is 33.7 Å². The lowest BCUT2D eigenvalue weighted by atomic mass is 10.1. The van der Waals surface area contributed by atoms with Crippen LogP contribution >= 0.6 is 0 Å². The first-order valence-corrected chi connectivity index (χ1v) is 9.31. The Bertz CT molecular complexity index is 917. The SMILES string of the molecule is CCN(CC)C(CNC(=O)c1nc2nc(C)cc(C)n2n1)c1ccccc1. The zero-order valence-corrected chi connectivity index (χ0v) is 16.3. The van der Waals surface area contributed by atoms with Gasteiger partial charge in [0.25, 0.3) is 11.7 Å². The molecule has 0 bridgehead atoms. The molecule has 1 unspecified atom stereocenters. The van der Waals surface area contributed by atoms with E-state index in [1.807, 2.05) is 38.1 Å². The van der Waals surface area contributed by atoms with Crippen LogP contribution in [0.15, 0.2) is 36.4 Å². The molecule has 7 heteroatoms. The summed E-state index contributed by atoms with van der Waals surface area (Å²) in [6.45, 7) is 10.4. The van der Waals surface area contributed by atoms with Crippen LogP contribution in [0.5, 0.6) is 0 Å². The molecule has 27 heavy (non-hydrogen) atoms. The van der Waals surface area contributed by atoms with Crippen LogP contribution in [0.4, 0.5) is 0 Å². The van der Waals surface area contributed by atoms with Gasteiger partial charge >= 0.3 is 0 Å². The molecule has 0 aliphatic carbocycles. The summed E-state index contributed by atoms with van der Waals surface area (Å²) in [7, 11) is 0. The second-order valence-corrected chi connectivity index (χ2v) is 6.54. The molecule has 0 spiro atoms. The lowest BCUT2D eigenvalue weighted by Gasteiger charge is -2.30. The number of carbonyl (C=O) groups is 1. The summed E-state index contributed by atoms with van der Waals surface area (Å²) in [6.07, 6.45) is 0. The van der Waals surface area contributed by atoms with Crippen LogP contribution in [0.25, 0.3) is 5.78 Å². The number of rotatable bonds is 7. The van der Waals surface area contributed by atoms with Crippen molar-refractivity contribution in [3.63, 3.8) is 0 Å². The first-order valence-electron chi connectivity index (χ1n) is 9.31. The van der Waals surface area contributed by atoms with Gasteiger partial charge in [-0.3, -0.25) is 9.69 Å². The number of amides is 1. The first-order chi connectivity index (χ1) is 13.0. The van der Waals surface area contributed by atoms with Crippen LogP contribution in [-0.4, -0.2) is 50.0 Å². The van der Waals surface area contributed by atoms with Gasteiger partial charge in [0.2, 0.25) is 5.82 Å². The van der Waals surface area contributed by atoms with E-state index >= 15 is 0 Å². The van der Waals surface area contributed by atoms with Gasteiger partial charge in [-0.05, 0) is 38.6 Å². The smallest absolute Gasteiger partial charge is 0.291 e. The minimum Gasteiger partial charge on any atom is -0.347 e. The number of aryl methyl sites for hydroxylation is 2. The van der Waals surface area contributed by atoms with Crippen molar-refractivity contribution in [3.8, 4) is 0 Å². The van der Waals surface area contributed by atoms with Crippen LogP contribution in [0.3, 0.4) is 0 Å². The minimum absolute atomic E-state index is 0.101. The zero-order valence-electron chi connectivity index (χ0n) is 16.3. The predicted octanol–water partition coefficient (Wildman–Crippen LogP) is 2.55. The summed E-state index contributed by atoms with van der Waals surface area (Å²) in [5.74, 6) is 0.300. The summed E-state index contributed by atoms with van der Waals surface area (Å²) >= 11 is 0. The van der Waals surface area contributed by atoms with Crippen molar-refractivity contribution >= 4 is 11.7 Å². The highest BCUT2D eigenvalue weighted by Crippen LogP contribution is 2.19. The van der Waals surface area contributed by atoms with E-state index in [1.165, 1.54) is 5.56 Å². The average Bonchev–Trinajstić information content (AvgIpc) is 3.10. The molecule has 3 aromatic rings. The molecule has 7 nitrogen and oxygen atoms in total. The van der Waals surface area contributed by atoms with E-state index < -0.39 is 0 Å². The van der Waals surface area contributed by atoms with E-state index in [9.17, 15) is 4.79 Å². The van der Waals surface area contributed by atoms with Gasteiger partial charge in [-0.2, -0.15) is 4.98 Å². The summed E-state index contributed by atoms with van der Waals surface area (Å²) in [6, 6.07) is 12.2. The van der Waals surface area contributed by atoms with Crippen LogP contribution in [0.2, 0.25) is 0 Å². The Balaban J connectivity index is 1.79. The fourth-order valence-electron chi connectivity index (χ4n) is 3.33. The Morgan fingerprint density at radius 1 is 1.15 bits per heavy atom. The molecular weight excluding hydrogens is 340 g/mol. The van der Waals surface area contributed by atoms with Gasteiger partial charge < -0.3 is 5.32 Å². The molecule has 142 valence electrons. The number of hydrogen-bond acceptors (Lipinski definition) is 5. The van der Waals surface area contributed by atoms with Gasteiger partial charge in [0.05, 0.1) is 6.04 Å². The van der Waals surface area contributed by atoms with Gasteiger partial charge in [-0.15, -0.1) is 5.10 Å². The lowest BCUT2D eigenvalue weighted by Crippen LogP contribution is -2.38. The zero-order chi connectivity index (χ0) is 19.4. The van der Waals surface area contributed by atoms with E-state index in [-0.39, 0.29) is 17.8 Å². The van der Waals surface area contributed by atoms with Crippen LogP contribution in [0, 0.1) is 13.8 Å². The molecule has 0 saturated carbocycles. The third-order valence-corrected chi connectivity index (χ3v) is 4.71. The van der Waals surface area contributed by atoms with Gasteiger partial charge in [-0.25, -0.2) is 9.50 Å². The number of nitrogens with zero attached hydrogens (tertiary/aromatic N) is 5. The van der Waals surface area contributed by atoms with E-state index in [0.29, 0.717) is 12.3 Å². The van der Waals surface area contributed by atoms with Crippen molar-refractivity contribution in [2.24, 2.45) is 0 Å². The Hall–Kier alpha value is -2.80. The molecule has 2 aromatic heterocycles. The molecule has 0 aliphatic rings. The van der Waals surface area contributed by atoms with Crippen molar-refractivity contribution in [2.75, 3.05) is 19.6 Å². The number of fused-ring (bicyclic) bond motifs is 1. The maximum absolute atomic E-state index is 12.6. The normalized spacial score (nSPS) is 12.5. The number of hydrogen-bond donors (Lipinski definition) is 1. The standard InChI is InChI=1S/C20H26N6O/c1-5-25(6-2)17(16-10-8-7-9-11-16)13-21-19(27)18-23-20-22-14(3)12-15(4)26(20)24-18/h7-12,17H,5-6,13H2,1-4H3,(H,21,27). The molecule has 3 rings (SSSR count). The van der Waals surface area contributed by atoms with Crippen LogP contribution < -0.4 is 5.32 Å². The fraction of sp³-hybridized carbons (Fsp3) is 0.400. The molecule has 0 fully saturated rings. The predicted molar refractivity (Wildman–Crippen MR) is 105 cm³/mol. The molecule has 0 radical (unpaired) electrons. The monoisotopic (exact) mass is 366 g/mol. The molecule has 0 saturated heterocycles. The fourth-order valence-corrected chi connectivity index (χ4v) is 3.33. The highest BCUT2D eigenvalue weighted by Gasteiger charge is 2.21. The molecule has 1 atom stereocenters. The Labute approximate surface area is 159 Å². The van der Waals surface area contributed by atoms with Gasteiger partial charge in [0, 0.05) is 17.9 Å². The van der Waals surface area contributed by atoms with E-state index in [1.54, 1.807) is 4.52 Å². The number of nitrogens with one attached hydrogen (secondary N) is 1.